The van der Waals surface area contributed by atoms with Crippen LogP contribution in [0.4, 0.5) is 0 Å². The summed E-state index contributed by atoms with van der Waals surface area (Å²) >= 11 is 0. The lowest BCUT2D eigenvalue weighted by Gasteiger charge is -2.17. The molecular formula is C16H20N4O3. The molecular weight excluding hydrogens is 296 g/mol. The number of nitrogens with one attached hydrogen (secondary N) is 1. The largest absolute Gasteiger partial charge is 0.480 e. The molecule has 1 amide bonds. The number of rotatable bonds is 5. The van der Waals surface area contributed by atoms with Crippen molar-refractivity contribution in [3.05, 3.63) is 41.2 Å². The fourth-order valence-electron chi connectivity index (χ4n) is 2.19. The summed E-state index contributed by atoms with van der Waals surface area (Å²) in [6.45, 7) is 7.17. The van der Waals surface area contributed by atoms with Gasteiger partial charge in [0.1, 0.15) is 6.04 Å². The first-order chi connectivity index (χ1) is 10.8. The summed E-state index contributed by atoms with van der Waals surface area (Å²) in [6.07, 6.45) is 0. The third-order valence-electron chi connectivity index (χ3n) is 3.61. The van der Waals surface area contributed by atoms with E-state index in [0.717, 1.165) is 11.3 Å². The van der Waals surface area contributed by atoms with Crippen LogP contribution in [0, 0.1) is 19.8 Å². The van der Waals surface area contributed by atoms with E-state index in [-0.39, 0.29) is 11.6 Å². The first kappa shape index (κ1) is 16.7. The second-order valence-electron chi connectivity index (χ2n) is 5.80. The van der Waals surface area contributed by atoms with Gasteiger partial charge in [0.25, 0.3) is 5.91 Å². The fraction of sp³-hybridized carbons (Fsp3) is 0.375. The van der Waals surface area contributed by atoms with Gasteiger partial charge in [-0.25, -0.2) is 9.48 Å². The molecule has 122 valence electrons. The molecule has 2 aromatic rings. The first-order valence-corrected chi connectivity index (χ1v) is 7.34. The molecule has 0 fully saturated rings. The highest BCUT2D eigenvalue weighted by Crippen LogP contribution is 2.13. The smallest absolute Gasteiger partial charge is 0.326 e. The molecule has 1 atom stereocenters. The second-order valence-corrected chi connectivity index (χ2v) is 5.80. The third-order valence-corrected chi connectivity index (χ3v) is 3.61. The number of carboxylic acid groups (broad SMARTS) is 1. The van der Waals surface area contributed by atoms with Gasteiger partial charge in [-0.3, -0.25) is 4.79 Å². The van der Waals surface area contributed by atoms with Crippen LogP contribution in [-0.4, -0.2) is 38.0 Å². The zero-order valence-electron chi connectivity index (χ0n) is 13.6. The lowest BCUT2D eigenvalue weighted by molar-refractivity contribution is -0.140. The summed E-state index contributed by atoms with van der Waals surface area (Å²) in [5.74, 6) is -1.84. The van der Waals surface area contributed by atoms with Crippen molar-refractivity contribution < 1.29 is 14.7 Å². The number of hydrogen-bond donors (Lipinski definition) is 2. The number of aromatic nitrogens is 3. The van der Waals surface area contributed by atoms with Crippen molar-refractivity contribution in [2.24, 2.45) is 5.92 Å². The Morgan fingerprint density at radius 3 is 2.30 bits per heavy atom. The summed E-state index contributed by atoms with van der Waals surface area (Å²) in [5, 5.41) is 19.5. The van der Waals surface area contributed by atoms with E-state index in [2.05, 4.69) is 15.6 Å². The van der Waals surface area contributed by atoms with Crippen LogP contribution in [0.2, 0.25) is 0 Å². The van der Waals surface area contributed by atoms with Gasteiger partial charge in [0.05, 0.1) is 11.4 Å². The lowest BCUT2D eigenvalue weighted by atomic mass is 10.0. The number of carbonyl (C=O) groups is 2. The molecule has 1 aromatic heterocycles. The molecule has 0 aliphatic rings. The number of nitrogens with zero attached hydrogens (tertiary/aromatic N) is 3. The Morgan fingerprint density at radius 2 is 1.78 bits per heavy atom. The van der Waals surface area contributed by atoms with Gasteiger partial charge < -0.3 is 10.4 Å². The maximum atomic E-state index is 12.3. The van der Waals surface area contributed by atoms with Gasteiger partial charge in [-0.15, -0.1) is 5.10 Å². The maximum Gasteiger partial charge on any atom is 0.326 e. The van der Waals surface area contributed by atoms with Gasteiger partial charge in [-0.1, -0.05) is 36.8 Å². The van der Waals surface area contributed by atoms with Gasteiger partial charge in [0.2, 0.25) is 0 Å². The third kappa shape index (κ3) is 3.56. The molecule has 1 heterocycles. The minimum Gasteiger partial charge on any atom is -0.480 e. The van der Waals surface area contributed by atoms with Crippen LogP contribution >= 0.6 is 0 Å². The molecule has 7 heteroatoms. The SMILES string of the molecule is Cc1ccc(-n2nnc(C(=O)N[C@@H](C(=O)O)C(C)C)c2C)cc1. The van der Waals surface area contributed by atoms with Gasteiger partial charge in [-0.2, -0.15) is 0 Å². The van der Waals surface area contributed by atoms with E-state index in [9.17, 15) is 9.59 Å². The summed E-state index contributed by atoms with van der Waals surface area (Å²) in [4.78, 5) is 23.5. The van der Waals surface area contributed by atoms with Crippen LogP contribution in [0.25, 0.3) is 5.69 Å². The van der Waals surface area contributed by atoms with Crippen molar-refractivity contribution >= 4 is 11.9 Å². The van der Waals surface area contributed by atoms with Crippen LogP contribution in [0.1, 0.15) is 35.6 Å². The molecule has 0 aliphatic carbocycles. The van der Waals surface area contributed by atoms with Crippen molar-refractivity contribution in [1.29, 1.82) is 0 Å². The Labute approximate surface area is 134 Å². The Hall–Kier alpha value is -2.70. The van der Waals surface area contributed by atoms with Crippen molar-refractivity contribution in [3.8, 4) is 5.69 Å². The molecule has 2 N–H and O–H groups in total. The lowest BCUT2D eigenvalue weighted by Crippen LogP contribution is -2.44. The fourth-order valence-corrected chi connectivity index (χ4v) is 2.19. The Kier molecular flexibility index (Phi) is 4.78. The summed E-state index contributed by atoms with van der Waals surface area (Å²) in [6, 6.07) is 6.68. The van der Waals surface area contributed by atoms with Gasteiger partial charge in [0, 0.05) is 0 Å². The quantitative estimate of drug-likeness (QED) is 0.875. The molecule has 0 bridgehead atoms. The predicted molar refractivity (Wildman–Crippen MR) is 84.6 cm³/mol. The van der Waals surface area contributed by atoms with Crippen molar-refractivity contribution in [1.82, 2.24) is 20.3 Å². The molecule has 7 nitrogen and oxygen atoms in total. The summed E-state index contributed by atoms with van der Waals surface area (Å²) < 4.78 is 1.56. The molecule has 0 radical (unpaired) electrons. The molecule has 0 aliphatic heterocycles. The van der Waals surface area contributed by atoms with Crippen molar-refractivity contribution in [3.63, 3.8) is 0 Å². The molecule has 2 rings (SSSR count). The first-order valence-electron chi connectivity index (χ1n) is 7.34. The van der Waals surface area contributed by atoms with Crippen molar-refractivity contribution in [2.75, 3.05) is 0 Å². The van der Waals surface area contributed by atoms with Gasteiger partial charge in [0.15, 0.2) is 5.69 Å². The highest BCUT2D eigenvalue weighted by molar-refractivity contribution is 5.95. The minimum absolute atomic E-state index is 0.123. The minimum atomic E-state index is -1.07. The van der Waals surface area contributed by atoms with Gasteiger partial charge in [-0.05, 0) is 31.9 Å². The molecule has 0 spiro atoms. The summed E-state index contributed by atoms with van der Waals surface area (Å²) in [7, 11) is 0. The summed E-state index contributed by atoms with van der Waals surface area (Å²) in [5.41, 5.74) is 2.58. The van der Waals surface area contributed by atoms with E-state index in [4.69, 9.17) is 5.11 Å². The zero-order valence-corrected chi connectivity index (χ0v) is 13.6. The molecule has 0 saturated heterocycles. The number of aryl methyl sites for hydroxylation is 1. The highest BCUT2D eigenvalue weighted by atomic mass is 16.4. The predicted octanol–water partition coefficient (Wildman–Crippen LogP) is 1.72. The zero-order chi connectivity index (χ0) is 17.1. The maximum absolute atomic E-state index is 12.3. The highest BCUT2D eigenvalue weighted by Gasteiger charge is 2.26. The number of carboxylic acids is 1. The van der Waals surface area contributed by atoms with E-state index < -0.39 is 17.9 Å². The van der Waals surface area contributed by atoms with E-state index in [1.807, 2.05) is 31.2 Å². The molecule has 0 unspecified atom stereocenters. The second kappa shape index (κ2) is 6.60. The molecule has 23 heavy (non-hydrogen) atoms. The van der Waals surface area contributed by atoms with E-state index in [1.165, 1.54) is 0 Å². The van der Waals surface area contributed by atoms with Crippen LogP contribution in [0.3, 0.4) is 0 Å². The number of amides is 1. The number of hydrogen-bond acceptors (Lipinski definition) is 4. The van der Waals surface area contributed by atoms with Crippen LogP contribution in [0.5, 0.6) is 0 Å². The van der Waals surface area contributed by atoms with Crippen LogP contribution in [-0.2, 0) is 4.79 Å². The Bertz CT molecular complexity index is 719. The monoisotopic (exact) mass is 316 g/mol. The van der Waals surface area contributed by atoms with Crippen molar-refractivity contribution in [2.45, 2.75) is 33.7 Å². The average Bonchev–Trinajstić information content (AvgIpc) is 2.86. The van der Waals surface area contributed by atoms with E-state index in [0.29, 0.717) is 5.69 Å². The average molecular weight is 316 g/mol. The number of aliphatic carboxylic acids is 1. The topological polar surface area (TPSA) is 97.1 Å². The van der Waals surface area contributed by atoms with Crippen LogP contribution < -0.4 is 5.32 Å². The van der Waals surface area contributed by atoms with Gasteiger partial charge >= 0.3 is 5.97 Å². The number of benzene rings is 1. The molecule has 0 saturated carbocycles. The Morgan fingerprint density at radius 1 is 1.17 bits per heavy atom. The van der Waals surface area contributed by atoms with E-state index >= 15 is 0 Å². The number of carbonyl (C=O) groups excluding carboxylic acids is 1. The molecule has 1 aromatic carbocycles. The normalized spacial score (nSPS) is 12.2. The Balaban J connectivity index is 2.26. The van der Waals surface area contributed by atoms with E-state index in [1.54, 1.807) is 25.5 Å². The standard InChI is InChI=1S/C16H20N4O3/c1-9(2)13(16(22)23)17-15(21)14-11(4)20(19-18-14)12-7-5-10(3)6-8-12/h5-9,13H,1-4H3,(H,17,21)(H,22,23)/t13-/m1/s1. The van der Waals surface area contributed by atoms with Crippen LogP contribution in [0.15, 0.2) is 24.3 Å².